The van der Waals surface area contributed by atoms with Crippen molar-refractivity contribution < 1.29 is 13.2 Å². The van der Waals surface area contributed by atoms with E-state index in [-0.39, 0.29) is 0 Å². The summed E-state index contributed by atoms with van der Waals surface area (Å²) >= 11 is 0. The minimum atomic E-state index is -4.35. The van der Waals surface area contributed by atoms with Crippen molar-refractivity contribution in [3.8, 4) is 0 Å². The van der Waals surface area contributed by atoms with Gasteiger partial charge in [0.05, 0.1) is 23.0 Å². The van der Waals surface area contributed by atoms with Gasteiger partial charge in [0.25, 0.3) is 0 Å². The summed E-state index contributed by atoms with van der Waals surface area (Å²) < 4.78 is 38.0. The average molecular weight is 288 g/mol. The third-order valence-corrected chi connectivity index (χ3v) is 3.07. The quantitative estimate of drug-likeness (QED) is 0.718. The Balaban J connectivity index is 1.91. The fourth-order valence-corrected chi connectivity index (χ4v) is 2.08. The van der Waals surface area contributed by atoms with Crippen LogP contribution in [0.2, 0.25) is 0 Å². The van der Waals surface area contributed by atoms with Crippen LogP contribution in [0.5, 0.6) is 0 Å². The van der Waals surface area contributed by atoms with E-state index in [1.807, 2.05) is 30.3 Å². The molecule has 1 N–H and O–H groups in total. The number of alkyl halides is 3. The SMILES string of the molecule is FC(F)(F)c1cccc(Nc2cnc3ccccc3c2)c1. The molecule has 3 rings (SSSR count). The van der Waals surface area contributed by atoms with E-state index in [1.165, 1.54) is 6.07 Å². The molecule has 0 saturated carbocycles. The first-order chi connectivity index (χ1) is 10.0. The molecule has 0 spiro atoms. The molecule has 5 heteroatoms. The van der Waals surface area contributed by atoms with Gasteiger partial charge in [-0.25, -0.2) is 0 Å². The summed E-state index contributed by atoms with van der Waals surface area (Å²) in [5.41, 5.74) is 1.18. The number of fused-ring (bicyclic) bond motifs is 1. The summed E-state index contributed by atoms with van der Waals surface area (Å²) in [6.45, 7) is 0. The van der Waals surface area contributed by atoms with E-state index in [1.54, 1.807) is 12.3 Å². The Morgan fingerprint density at radius 2 is 1.67 bits per heavy atom. The molecule has 0 unspecified atom stereocenters. The number of aromatic nitrogens is 1. The van der Waals surface area contributed by atoms with Gasteiger partial charge in [-0.3, -0.25) is 4.98 Å². The van der Waals surface area contributed by atoms with Gasteiger partial charge in [0.1, 0.15) is 0 Å². The Bertz CT molecular complexity index is 782. The molecule has 1 aromatic heterocycles. The maximum Gasteiger partial charge on any atom is 0.416 e. The molecule has 0 saturated heterocycles. The molecule has 0 aliphatic heterocycles. The number of hydrogen-bond donors (Lipinski definition) is 1. The minimum Gasteiger partial charge on any atom is -0.354 e. The Labute approximate surface area is 119 Å². The summed E-state index contributed by atoms with van der Waals surface area (Å²) in [5.74, 6) is 0. The van der Waals surface area contributed by atoms with Gasteiger partial charge in [-0.1, -0.05) is 24.3 Å². The van der Waals surface area contributed by atoms with Gasteiger partial charge >= 0.3 is 6.18 Å². The number of anilines is 2. The molecular weight excluding hydrogens is 277 g/mol. The highest BCUT2D eigenvalue weighted by atomic mass is 19.4. The van der Waals surface area contributed by atoms with Crippen LogP contribution in [0.15, 0.2) is 60.8 Å². The van der Waals surface area contributed by atoms with E-state index >= 15 is 0 Å². The summed E-state index contributed by atoms with van der Waals surface area (Å²) in [5, 5.41) is 3.87. The average Bonchev–Trinajstić information content (AvgIpc) is 2.46. The molecule has 2 aromatic carbocycles. The first-order valence-electron chi connectivity index (χ1n) is 6.31. The van der Waals surface area contributed by atoms with Gasteiger partial charge in [-0.2, -0.15) is 13.2 Å². The van der Waals surface area contributed by atoms with Crippen molar-refractivity contribution >= 4 is 22.3 Å². The van der Waals surface area contributed by atoms with Crippen molar-refractivity contribution in [2.24, 2.45) is 0 Å². The number of nitrogens with zero attached hydrogens (tertiary/aromatic N) is 1. The van der Waals surface area contributed by atoms with Crippen molar-refractivity contribution in [1.29, 1.82) is 0 Å². The number of halogens is 3. The van der Waals surface area contributed by atoms with Crippen LogP contribution in [0, 0.1) is 0 Å². The first kappa shape index (κ1) is 13.4. The van der Waals surface area contributed by atoms with Gasteiger partial charge in [0.15, 0.2) is 0 Å². The number of hydrogen-bond acceptors (Lipinski definition) is 2. The fraction of sp³-hybridized carbons (Fsp3) is 0.0625. The monoisotopic (exact) mass is 288 g/mol. The highest BCUT2D eigenvalue weighted by Gasteiger charge is 2.30. The predicted octanol–water partition coefficient (Wildman–Crippen LogP) is 5.00. The maximum atomic E-state index is 12.7. The van der Waals surface area contributed by atoms with Crippen LogP contribution < -0.4 is 5.32 Å². The van der Waals surface area contributed by atoms with Gasteiger partial charge in [-0.15, -0.1) is 0 Å². The molecule has 106 valence electrons. The van der Waals surface area contributed by atoms with Gasteiger partial charge in [0, 0.05) is 11.1 Å². The molecule has 0 atom stereocenters. The predicted molar refractivity (Wildman–Crippen MR) is 76.5 cm³/mol. The molecule has 2 nitrogen and oxygen atoms in total. The smallest absolute Gasteiger partial charge is 0.354 e. The van der Waals surface area contributed by atoms with Gasteiger partial charge in [-0.05, 0) is 30.3 Å². The molecule has 0 fully saturated rings. The second kappa shape index (κ2) is 5.09. The van der Waals surface area contributed by atoms with Gasteiger partial charge < -0.3 is 5.32 Å². The third kappa shape index (κ3) is 2.97. The fourth-order valence-electron chi connectivity index (χ4n) is 2.08. The highest BCUT2D eigenvalue weighted by Crippen LogP contribution is 2.31. The summed E-state index contributed by atoms with van der Waals surface area (Å²) in [6, 6.07) is 14.5. The molecule has 0 aliphatic carbocycles. The van der Waals surface area contributed by atoms with Crippen LogP contribution in [0.4, 0.5) is 24.5 Å². The number of rotatable bonds is 2. The lowest BCUT2D eigenvalue weighted by atomic mass is 10.2. The lowest BCUT2D eigenvalue weighted by Crippen LogP contribution is -2.05. The van der Waals surface area contributed by atoms with Crippen LogP contribution in [0.3, 0.4) is 0 Å². The van der Waals surface area contributed by atoms with Crippen LogP contribution >= 0.6 is 0 Å². The summed E-state index contributed by atoms with van der Waals surface area (Å²) in [6.07, 6.45) is -2.75. The zero-order valence-corrected chi connectivity index (χ0v) is 10.9. The molecule has 0 bridgehead atoms. The van der Waals surface area contributed by atoms with E-state index in [9.17, 15) is 13.2 Å². The number of pyridine rings is 1. The normalized spacial score (nSPS) is 11.6. The van der Waals surface area contributed by atoms with E-state index in [4.69, 9.17) is 0 Å². The van der Waals surface area contributed by atoms with Crippen molar-refractivity contribution in [3.05, 3.63) is 66.4 Å². The standard InChI is InChI=1S/C16H11F3N2/c17-16(18,19)12-5-3-6-13(9-12)21-14-8-11-4-1-2-7-15(11)20-10-14/h1-10,21H. The Hall–Kier alpha value is -2.56. The van der Waals surface area contributed by atoms with Crippen molar-refractivity contribution in [3.63, 3.8) is 0 Å². The third-order valence-electron chi connectivity index (χ3n) is 3.07. The zero-order valence-electron chi connectivity index (χ0n) is 10.9. The summed E-state index contributed by atoms with van der Waals surface area (Å²) in [4.78, 5) is 4.26. The van der Waals surface area contributed by atoms with E-state index < -0.39 is 11.7 Å². The molecule has 1 heterocycles. The summed E-state index contributed by atoms with van der Waals surface area (Å²) in [7, 11) is 0. The first-order valence-corrected chi connectivity index (χ1v) is 6.31. The topological polar surface area (TPSA) is 24.9 Å². The minimum absolute atomic E-state index is 0.377. The van der Waals surface area contributed by atoms with Crippen LogP contribution in [0.1, 0.15) is 5.56 Å². The molecular formula is C16H11F3N2. The molecule has 21 heavy (non-hydrogen) atoms. The van der Waals surface area contributed by atoms with Crippen molar-refractivity contribution in [2.75, 3.05) is 5.32 Å². The van der Waals surface area contributed by atoms with E-state index in [2.05, 4.69) is 10.3 Å². The maximum absolute atomic E-state index is 12.7. The lowest BCUT2D eigenvalue weighted by molar-refractivity contribution is -0.137. The van der Waals surface area contributed by atoms with Gasteiger partial charge in [0.2, 0.25) is 0 Å². The van der Waals surface area contributed by atoms with Crippen molar-refractivity contribution in [1.82, 2.24) is 4.98 Å². The number of nitrogens with one attached hydrogen (secondary N) is 1. The molecule has 3 aromatic rings. The van der Waals surface area contributed by atoms with Crippen LogP contribution in [-0.2, 0) is 6.18 Å². The highest BCUT2D eigenvalue weighted by molar-refractivity contribution is 5.82. The Kier molecular flexibility index (Phi) is 3.25. The number of para-hydroxylation sites is 1. The zero-order chi connectivity index (χ0) is 14.9. The second-order valence-electron chi connectivity index (χ2n) is 4.62. The largest absolute Gasteiger partial charge is 0.416 e. The van der Waals surface area contributed by atoms with E-state index in [0.717, 1.165) is 23.0 Å². The molecule has 0 radical (unpaired) electrons. The molecule has 0 amide bonds. The lowest BCUT2D eigenvalue weighted by Gasteiger charge is -2.11. The van der Waals surface area contributed by atoms with E-state index in [0.29, 0.717) is 11.4 Å². The van der Waals surface area contributed by atoms with Crippen LogP contribution in [-0.4, -0.2) is 4.98 Å². The Morgan fingerprint density at radius 3 is 2.48 bits per heavy atom. The number of benzene rings is 2. The Morgan fingerprint density at radius 1 is 0.857 bits per heavy atom. The van der Waals surface area contributed by atoms with Crippen molar-refractivity contribution in [2.45, 2.75) is 6.18 Å². The van der Waals surface area contributed by atoms with Crippen LogP contribution in [0.25, 0.3) is 10.9 Å². The second-order valence-corrected chi connectivity index (χ2v) is 4.62. The molecule has 0 aliphatic rings.